The Morgan fingerprint density at radius 1 is 1.05 bits per heavy atom. The Labute approximate surface area is 118 Å². The van der Waals surface area contributed by atoms with Crippen molar-refractivity contribution in [3.05, 3.63) is 53.7 Å². The lowest BCUT2D eigenvalue weighted by Gasteiger charge is -2.07. The largest absolute Gasteiger partial charge is 0.266 e. The molecule has 0 unspecified atom stereocenters. The van der Waals surface area contributed by atoms with Gasteiger partial charge in [-0.25, -0.2) is 8.42 Å². The van der Waals surface area contributed by atoms with Crippen molar-refractivity contribution in [3.63, 3.8) is 0 Å². The lowest BCUT2D eigenvalue weighted by atomic mass is 10.2. The van der Waals surface area contributed by atoms with Crippen LogP contribution in [0.5, 0.6) is 0 Å². The summed E-state index contributed by atoms with van der Waals surface area (Å²) >= 11 is 0. The summed E-state index contributed by atoms with van der Waals surface area (Å²) in [7, 11) is -3.46. The van der Waals surface area contributed by atoms with E-state index in [0.29, 0.717) is 5.92 Å². The molecule has 1 aromatic heterocycles. The zero-order chi connectivity index (χ0) is 14.0. The van der Waals surface area contributed by atoms with Gasteiger partial charge >= 0.3 is 0 Å². The number of hydrogen-bond acceptors (Lipinski definition) is 4. The third-order valence-corrected chi connectivity index (χ3v) is 4.37. The number of sulfonamides is 1. The van der Waals surface area contributed by atoms with E-state index < -0.39 is 10.0 Å². The quantitative estimate of drug-likeness (QED) is 0.916. The molecule has 0 spiro atoms. The van der Waals surface area contributed by atoms with Crippen molar-refractivity contribution in [1.29, 1.82) is 0 Å². The molecule has 1 saturated carbocycles. The molecule has 0 radical (unpaired) electrons. The Bertz CT molecular complexity index is 680. The number of rotatable bonds is 5. The van der Waals surface area contributed by atoms with Gasteiger partial charge in [0.1, 0.15) is 0 Å². The van der Waals surface area contributed by atoms with E-state index in [1.165, 1.54) is 0 Å². The minimum atomic E-state index is -3.46. The molecule has 5 nitrogen and oxygen atoms in total. The van der Waals surface area contributed by atoms with Crippen LogP contribution in [0.1, 0.15) is 30.0 Å². The Kier molecular flexibility index (Phi) is 3.40. The molecule has 0 bridgehead atoms. The Morgan fingerprint density at radius 3 is 2.40 bits per heavy atom. The number of nitrogens with one attached hydrogen (secondary N) is 1. The van der Waals surface area contributed by atoms with Crippen LogP contribution in [0.4, 0.5) is 5.82 Å². The van der Waals surface area contributed by atoms with Crippen LogP contribution >= 0.6 is 0 Å². The maximum absolute atomic E-state index is 12.0. The monoisotopic (exact) mass is 289 g/mol. The molecule has 1 aliphatic carbocycles. The van der Waals surface area contributed by atoms with E-state index >= 15 is 0 Å². The minimum Gasteiger partial charge on any atom is -0.266 e. The number of anilines is 1. The van der Waals surface area contributed by atoms with Crippen LogP contribution in [0.25, 0.3) is 0 Å². The van der Waals surface area contributed by atoms with E-state index in [4.69, 9.17) is 0 Å². The van der Waals surface area contributed by atoms with Gasteiger partial charge in [0.25, 0.3) is 0 Å². The average Bonchev–Trinajstić information content (AvgIpc) is 3.24. The van der Waals surface area contributed by atoms with E-state index in [1.54, 1.807) is 18.2 Å². The molecule has 6 heteroatoms. The van der Waals surface area contributed by atoms with Gasteiger partial charge < -0.3 is 0 Å². The number of benzene rings is 1. The van der Waals surface area contributed by atoms with Crippen LogP contribution < -0.4 is 4.72 Å². The zero-order valence-corrected chi connectivity index (χ0v) is 11.7. The predicted octanol–water partition coefficient (Wildman–Crippen LogP) is 2.30. The third kappa shape index (κ3) is 3.33. The first kappa shape index (κ1) is 13.1. The van der Waals surface area contributed by atoms with E-state index in [1.807, 2.05) is 24.3 Å². The van der Waals surface area contributed by atoms with Crippen LogP contribution in [0.15, 0.2) is 42.5 Å². The molecule has 1 fully saturated rings. The van der Waals surface area contributed by atoms with Crippen molar-refractivity contribution in [2.45, 2.75) is 24.5 Å². The van der Waals surface area contributed by atoms with E-state index in [2.05, 4.69) is 14.9 Å². The smallest absolute Gasteiger partial charge is 0.238 e. The van der Waals surface area contributed by atoms with Crippen molar-refractivity contribution in [3.8, 4) is 0 Å². The van der Waals surface area contributed by atoms with Crippen molar-refractivity contribution in [2.75, 3.05) is 4.72 Å². The highest BCUT2D eigenvalue weighted by Gasteiger charge is 2.25. The van der Waals surface area contributed by atoms with Gasteiger partial charge in [-0.3, -0.25) is 4.72 Å². The fraction of sp³-hybridized carbons (Fsp3) is 0.286. The second-order valence-electron chi connectivity index (χ2n) is 4.96. The average molecular weight is 289 g/mol. The van der Waals surface area contributed by atoms with Gasteiger partial charge in [-0.1, -0.05) is 30.3 Å². The fourth-order valence-electron chi connectivity index (χ4n) is 1.98. The van der Waals surface area contributed by atoms with Gasteiger partial charge in [0.05, 0.1) is 11.4 Å². The molecule has 1 aliphatic rings. The molecule has 3 rings (SSSR count). The second kappa shape index (κ2) is 5.20. The first-order valence-corrected chi connectivity index (χ1v) is 8.16. The Hall–Kier alpha value is -1.95. The summed E-state index contributed by atoms with van der Waals surface area (Å²) < 4.78 is 26.5. The van der Waals surface area contributed by atoms with Gasteiger partial charge in [0.2, 0.25) is 10.0 Å². The zero-order valence-electron chi connectivity index (χ0n) is 10.9. The van der Waals surface area contributed by atoms with Crippen LogP contribution in [-0.2, 0) is 15.8 Å². The van der Waals surface area contributed by atoms with E-state index in [9.17, 15) is 8.42 Å². The standard InChI is InChI=1S/C14H15N3O2S/c18-20(19,10-11-4-2-1-3-5-11)17-14-9-8-13(15-16-14)12-6-7-12/h1-5,8-9,12H,6-7,10H2,(H,16,17). The maximum atomic E-state index is 12.0. The molecule has 0 atom stereocenters. The molecule has 1 heterocycles. The Morgan fingerprint density at radius 2 is 1.80 bits per heavy atom. The molecule has 104 valence electrons. The van der Waals surface area contributed by atoms with Crippen molar-refractivity contribution < 1.29 is 8.42 Å². The summed E-state index contributed by atoms with van der Waals surface area (Å²) in [5, 5.41) is 7.98. The van der Waals surface area contributed by atoms with Crippen LogP contribution in [0.2, 0.25) is 0 Å². The normalized spacial score (nSPS) is 15.0. The highest BCUT2D eigenvalue weighted by atomic mass is 32.2. The van der Waals surface area contributed by atoms with Crippen LogP contribution in [0, 0.1) is 0 Å². The summed E-state index contributed by atoms with van der Waals surface area (Å²) in [4.78, 5) is 0. The van der Waals surface area contributed by atoms with Gasteiger partial charge in [0.15, 0.2) is 5.82 Å². The Balaban J connectivity index is 1.69. The van der Waals surface area contributed by atoms with Gasteiger partial charge in [-0.15, -0.1) is 5.10 Å². The first-order valence-electron chi connectivity index (χ1n) is 6.50. The first-order chi connectivity index (χ1) is 9.62. The third-order valence-electron chi connectivity index (χ3n) is 3.14. The summed E-state index contributed by atoms with van der Waals surface area (Å²) in [5.74, 6) is 0.711. The van der Waals surface area contributed by atoms with Gasteiger partial charge in [-0.2, -0.15) is 5.10 Å². The van der Waals surface area contributed by atoms with Crippen molar-refractivity contribution in [2.24, 2.45) is 0 Å². The van der Waals surface area contributed by atoms with Crippen LogP contribution in [0.3, 0.4) is 0 Å². The fourth-order valence-corrected chi connectivity index (χ4v) is 3.11. The summed E-state index contributed by atoms with van der Waals surface area (Å²) in [6, 6.07) is 12.5. The molecule has 2 aromatic rings. The number of nitrogens with zero attached hydrogens (tertiary/aromatic N) is 2. The number of hydrogen-bond donors (Lipinski definition) is 1. The lowest BCUT2D eigenvalue weighted by Crippen LogP contribution is -2.16. The minimum absolute atomic E-state index is 0.0695. The van der Waals surface area contributed by atoms with Crippen LogP contribution in [-0.4, -0.2) is 18.6 Å². The second-order valence-corrected chi connectivity index (χ2v) is 6.69. The van der Waals surface area contributed by atoms with Crippen molar-refractivity contribution >= 4 is 15.8 Å². The lowest BCUT2D eigenvalue weighted by molar-refractivity contribution is 0.600. The van der Waals surface area contributed by atoms with E-state index in [-0.39, 0.29) is 11.6 Å². The molecule has 1 aromatic carbocycles. The SMILES string of the molecule is O=S(=O)(Cc1ccccc1)Nc1ccc(C2CC2)nn1. The number of aromatic nitrogens is 2. The van der Waals surface area contributed by atoms with Crippen molar-refractivity contribution in [1.82, 2.24) is 10.2 Å². The highest BCUT2D eigenvalue weighted by molar-refractivity contribution is 7.91. The predicted molar refractivity (Wildman–Crippen MR) is 76.7 cm³/mol. The molecule has 20 heavy (non-hydrogen) atoms. The molecule has 1 N–H and O–H groups in total. The molecule has 0 aliphatic heterocycles. The highest BCUT2D eigenvalue weighted by Crippen LogP contribution is 2.38. The van der Waals surface area contributed by atoms with Gasteiger partial charge in [0, 0.05) is 5.92 Å². The van der Waals surface area contributed by atoms with Gasteiger partial charge in [-0.05, 0) is 30.5 Å². The molecule has 0 amide bonds. The molecule has 0 saturated heterocycles. The molecular formula is C14H15N3O2S. The topological polar surface area (TPSA) is 72.0 Å². The molecular weight excluding hydrogens is 274 g/mol. The van der Waals surface area contributed by atoms with E-state index in [0.717, 1.165) is 24.1 Å². The summed E-state index contributed by atoms with van der Waals surface area (Å²) in [5.41, 5.74) is 1.68. The summed E-state index contributed by atoms with van der Waals surface area (Å²) in [6.45, 7) is 0. The summed E-state index contributed by atoms with van der Waals surface area (Å²) in [6.07, 6.45) is 2.29. The maximum Gasteiger partial charge on any atom is 0.238 e.